The summed E-state index contributed by atoms with van der Waals surface area (Å²) in [4.78, 5) is 15.4. The molecule has 1 aliphatic heterocycles. The molecule has 0 aromatic carbocycles. The minimum atomic E-state index is -0.950. The maximum atomic E-state index is 11.1. The molecule has 0 saturated carbocycles. The standard InChI is InChI=1S/C12H13N3O3/c16-12(17)9-1-4-13-11-10(9)7-14-15(11)8-2-5-18-6-3-8/h1,4,7-8H,2-3,5-6H2,(H,16,17). The molecule has 0 bridgehead atoms. The van der Waals surface area contributed by atoms with E-state index in [-0.39, 0.29) is 11.6 Å². The third kappa shape index (κ3) is 1.74. The van der Waals surface area contributed by atoms with Crippen molar-refractivity contribution in [1.29, 1.82) is 0 Å². The van der Waals surface area contributed by atoms with Gasteiger partial charge in [0.25, 0.3) is 0 Å². The lowest BCUT2D eigenvalue weighted by Gasteiger charge is -2.22. The molecule has 6 nitrogen and oxygen atoms in total. The van der Waals surface area contributed by atoms with Gasteiger partial charge in [0.15, 0.2) is 5.65 Å². The van der Waals surface area contributed by atoms with Gasteiger partial charge in [-0.1, -0.05) is 0 Å². The van der Waals surface area contributed by atoms with Crippen LogP contribution in [-0.2, 0) is 4.74 Å². The van der Waals surface area contributed by atoms with Gasteiger partial charge in [0.1, 0.15) is 0 Å². The van der Waals surface area contributed by atoms with Crippen LogP contribution in [0.2, 0.25) is 0 Å². The average Bonchev–Trinajstić information content (AvgIpc) is 2.83. The van der Waals surface area contributed by atoms with Crippen molar-refractivity contribution in [2.45, 2.75) is 18.9 Å². The van der Waals surface area contributed by atoms with E-state index in [2.05, 4.69) is 10.1 Å². The lowest BCUT2D eigenvalue weighted by molar-refractivity contribution is 0.0672. The first-order valence-electron chi connectivity index (χ1n) is 5.90. The van der Waals surface area contributed by atoms with Crippen molar-refractivity contribution in [3.63, 3.8) is 0 Å². The van der Waals surface area contributed by atoms with Crippen molar-refractivity contribution in [1.82, 2.24) is 14.8 Å². The van der Waals surface area contributed by atoms with Crippen LogP contribution in [0.3, 0.4) is 0 Å². The highest BCUT2D eigenvalue weighted by atomic mass is 16.5. The van der Waals surface area contributed by atoms with E-state index in [0.717, 1.165) is 12.8 Å². The van der Waals surface area contributed by atoms with Crippen molar-refractivity contribution in [3.05, 3.63) is 24.0 Å². The molecule has 3 heterocycles. The second kappa shape index (κ2) is 4.38. The molecular formula is C12H13N3O3. The highest BCUT2D eigenvalue weighted by Crippen LogP contribution is 2.25. The van der Waals surface area contributed by atoms with Gasteiger partial charge >= 0.3 is 5.97 Å². The fourth-order valence-corrected chi connectivity index (χ4v) is 2.33. The van der Waals surface area contributed by atoms with Crippen LogP contribution in [0, 0.1) is 0 Å². The molecule has 0 unspecified atom stereocenters. The van der Waals surface area contributed by atoms with E-state index in [1.54, 1.807) is 6.20 Å². The van der Waals surface area contributed by atoms with Gasteiger partial charge in [-0.2, -0.15) is 5.10 Å². The Morgan fingerprint density at radius 1 is 1.44 bits per heavy atom. The molecule has 18 heavy (non-hydrogen) atoms. The van der Waals surface area contributed by atoms with Crippen molar-refractivity contribution >= 4 is 17.0 Å². The van der Waals surface area contributed by atoms with Crippen LogP contribution in [0.4, 0.5) is 0 Å². The summed E-state index contributed by atoms with van der Waals surface area (Å²) in [5.74, 6) is -0.950. The molecule has 0 spiro atoms. The second-order valence-electron chi connectivity index (χ2n) is 4.33. The van der Waals surface area contributed by atoms with E-state index in [0.29, 0.717) is 24.2 Å². The largest absolute Gasteiger partial charge is 0.478 e. The Morgan fingerprint density at radius 3 is 2.94 bits per heavy atom. The predicted molar refractivity (Wildman–Crippen MR) is 63.6 cm³/mol. The van der Waals surface area contributed by atoms with Gasteiger partial charge in [-0.3, -0.25) is 0 Å². The number of nitrogens with zero attached hydrogens (tertiary/aromatic N) is 3. The van der Waals surface area contributed by atoms with Crippen LogP contribution in [0.25, 0.3) is 11.0 Å². The molecule has 94 valence electrons. The minimum Gasteiger partial charge on any atom is -0.478 e. The van der Waals surface area contributed by atoms with Gasteiger partial charge in [0.05, 0.1) is 23.2 Å². The van der Waals surface area contributed by atoms with Crippen LogP contribution < -0.4 is 0 Å². The third-order valence-corrected chi connectivity index (χ3v) is 3.26. The summed E-state index contributed by atoms with van der Waals surface area (Å²) in [7, 11) is 0. The van der Waals surface area contributed by atoms with E-state index in [4.69, 9.17) is 9.84 Å². The molecule has 1 saturated heterocycles. The Bertz CT molecular complexity index is 587. The Balaban J connectivity index is 2.08. The third-order valence-electron chi connectivity index (χ3n) is 3.26. The van der Waals surface area contributed by atoms with Crippen molar-refractivity contribution < 1.29 is 14.6 Å². The number of rotatable bonds is 2. The van der Waals surface area contributed by atoms with E-state index in [1.807, 2.05) is 4.68 Å². The molecule has 0 aliphatic carbocycles. The summed E-state index contributed by atoms with van der Waals surface area (Å²) in [6.45, 7) is 1.43. The first-order chi connectivity index (χ1) is 8.77. The number of pyridine rings is 1. The highest BCUT2D eigenvalue weighted by molar-refractivity contribution is 6.01. The summed E-state index contributed by atoms with van der Waals surface area (Å²) in [6, 6.07) is 1.74. The molecule has 0 radical (unpaired) electrons. The second-order valence-corrected chi connectivity index (χ2v) is 4.33. The molecule has 1 aliphatic rings. The quantitative estimate of drug-likeness (QED) is 0.869. The van der Waals surface area contributed by atoms with Gasteiger partial charge in [-0.25, -0.2) is 14.5 Å². The molecule has 2 aromatic heterocycles. The van der Waals surface area contributed by atoms with E-state index < -0.39 is 5.97 Å². The number of fused-ring (bicyclic) bond motifs is 1. The van der Waals surface area contributed by atoms with Crippen LogP contribution in [-0.4, -0.2) is 39.1 Å². The Labute approximate surface area is 103 Å². The van der Waals surface area contributed by atoms with Crippen LogP contribution in [0.5, 0.6) is 0 Å². The molecular weight excluding hydrogens is 234 g/mol. The Hall–Kier alpha value is -1.95. The average molecular weight is 247 g/mol. The van der Waals surface area contributed by atoms with Crippen molar-refractivity contribution in [2.24, 2.45) is 0 Å². The van der Waals surface area contributed by atoms with Gasteiger partial charge in [0, 0.05) is 19.4 Å². The zero-order chi connectivity index (χ0) is 12.5. The number of carboxylic acid groups (broad SMARTS) is 1. The minimum absolute atomic E-state index is 0.243. The molecule has 0 atom stereocenters. The Kier molecular flexibility index (Phi) is 2.71. The summed E-state index contributed by atoms with van der Waals surface area (Å²) in [5, 5.41) is 14.0. The molecule has 1 N–H and O–H groups in total. The number of carbonyl (C=O) groups is 1. The maximum absolute atomic E-state index is 11.1. The van der Waals surface area contributed by atoms with Crippen molar-refractivity contribution in [2.75, 3.05) is 13.2 Å². The van der Waals surface area contributed by atoms with Gasteiger partial charge in [0.2, 0.25) is 0 Å². The number of ether oxygens (including phenoxy) is 1. The lowest BCUT2D eigenvalue weighted by atomic mass is 10.1. The van der Waals surface area contributed by atoms with Gasteiger partial charge < -0.3 is 9.84 Å². The number of hydrogen-bond donors (Lipinski definition) is 1. The molecule has 3 rings (SSSR count). The smallest absolute Gasteiger partial charge is 0.336 e. The Morgan fingerprint density at radius 2 is 2.22 bits per heavy atom. The van der Waals surface area contributed by atoms with Crippen molar-refractivity contribution in [3.8, 4) is 0 Å². The summed E-state index contributed by atoms with van der Waals surface area (Å²) < 4.78 is 7.14. The first-order valence-corrected chi connectivity index (χ1v) is 5.90. The number of aromatic carboxylic acids is 1. The number of aromatic nitrogens is 3. The van der Waals surface area contributed by atoms with Crippen LogP contribution in [0.1, 0.15) is 29.2 Å². The first kappa shape index (κ1) is 11.2. The van der Waals surface area contributed by atoms with E-state index in [9.17, 15) is 4.79 Å². The fourth-order valence-electron chi connectivity index (χ4n) is 2.33. The zero-order valence-corrected chi connectivity index (χ0v) is 9.74. The molecule has 1 fully saturated rings. The zero-order valence-electron chi connectivity index (χ0n) is 9.74. The molecule has 0 amide bonds. The number of carboxylic acids is 1. The normalized spacial score (nSPS) is 17.1. The SMILES string of the molecule is O=C(O)c1ccnc2c1cnn2C1CCOCC1. The van der Waals surface area contributed by atoms with E-state index in [1.165, 1.54) is 12.3 Å². The molecule has 6 heteroatoms. The number of hydrogen-bond acceptors (Lipinski definition) is 4. The van der Waals surface area contributed by atoms with Gasteiger partial charge in [-0.05, 0) is 18.9 Å². The summed E-state index contributed by atoms with van der Waals surface area (Å²) in [5.41, 5.74) is 0.889. The van der Waals surface area contributed by atoms with Crippen LogP contribution in [0.15, 0.2) is 18.5 Å². The van der Waals surface area contributed by atoms with Crippen LogP contribution >= 0.6 is 0 Å². The molecule has 2 aromatic rings. The summed E-state index contributed by atoms with van der Waals surface area (Å²) in [6.07, 6.45) is 4.87. The lowest BCUT2D eigenvalue weighted by Crippen LogP contribution is -2.20. The fraction of sp³-hybridized carbons (Fsp3) is 0.417. The summed E-state index contributed by atoms with van der Waals surface area (Å²) >= 11 is 0. The monoisotopic (exact) mass is 247 g/mol. The van der Waals surface area contributed by atoms with Gasteiger partial charge in [-0.15, -0.1) is 0 Å². The maximum Gasteiger partial charge on any atom is 0.336 e. The van der Waals surface area contributed by atoms with E-state index >= 15 is 0 Å². The predicted octanol–water partition coefficient (Wildman–Crippen LogP) is 1.48. The highest BCUT2D eigenvalue weighted by Gasteiger charge is 2.20. The topological polar surface area (TPSA) is 77.2 Å².